The fourth-order valence-electron chi connectivity index (χ4n) is 3.57. The number of hydrogen-bond acceptors (Lipinski definition) is 5. The second-order valence-electron chi connectivity index (χ2n) is 6.06. The molecule has 1 aromatic rings. The van der Waals surface area contributed by atoms with Crippen LogP contribution in [-0.4, -0.2) is 57.3 Å². The van der Waals surface area contributed by atoms with Gasteiger partial charge in [0.25, 0.3) is 5.91 Å². The number of halogens is 1. The van der Waals surface area contributed by atoms with Gasteiger partial charge in [0.15, 0.2) is 11.5 Å². The monoisotopic (exact) mass is 356 g/mol. The Morgan fingerprint density at radius 2 is 1.75 bits per heavy atom. The fourth-order valence-corrected chi connectivity index (χ4v) is 3.57. The van der Waals surface area contributed by atoms with Crippen molar-refractivity contribution >= 4 is 18.3 Å². The van der Waals surface area contributed by atoms with Crippen LogP contribution in [0.15, 0.2) is 12.1 Å². The Bertz CT molecular complexity index is 596. The Balaban J connectivity index is 0.00000208. The van der Waals surface area contributed by atoms with Crippen molar-refractivity contribution in [3.63, 3.8) is 0 Å². The number of nitrogens with one attached hydrogen (secondary N) is 1. The molecule has 1 N–H and O–H groups in total. The molecule has 1 aromatic carbocycles. The highest BCUT2D eigenvalue weighted by atomic mass is 35.5. The summed E-state index contributed by atoms with van der Waals surface area (Å²) in [6.07, 6.45) is 3.35. The van der Waals surface area contributed by atoms with E-state index in [1.54, 1.807) is 33.5 Å². The summed E-state index contributed by atoms with van der Waals surface area (Å²) >= 11 is 0. The van der Waals surface area contributed by atoms with E-state index in [0.717, 1.165) is 25.9 Å². The van der Waals surface area contributed by atoms with Gasteiger partial charge >= 0.3 is 0 Å². The number of ether oxygens (including phenoxy) is 3. The molecule has 0 saturated carbocycles. The molecule has 2 saturated heterocycles. The predicted octanol–water partition coefficient (Wildman–Crippen LogP) is 2.10. The molecule has 134 valence electrons. The average molecular weight is 357 g/mol. The zero-order valence-corrected chi connectivity index (χ0v) is 15.1. The zero-order valence-electron chi connectivity index (χ0n) is 14.3. The van der Waals surface area contributed by atoms with E-state index in [4.69, 9.17) is 14.2 Å². The number of benzene rings is 1. The number of hydrogen-bond donors (Lipinski definition) is 1. The number of methoxy groups -OCH3 is 3. The third-order valence-corrected chi connectivity index (χ3v) is 4.75. The second kappa shape index (κ2) is 7.94. The SMILES string of the molecule is COc1ccc(C(=O)N2CCC3CCC(C2)N3)c(OC)c1OC.Cl. The van der Waals surface area contributed by atoms with Crippen LogP contribution in [0.3, 0.4) is 0 Å². The lowest BCUT2D eigenvalue weighted by Crippen LogP contribution is -2.39. The van der Waals surface area contributed by atoms with E-state index in [2.05, 4.69) is 5.32 Å². The Labute approximate surface area is 148 Å². The van der Waals surface area contributed by atoms with Crippen molar-refractivity contribution in [1.82, 2.24) is 10.2 Å². The van der Waals surface area contributed by atoms with E-state index in [0.29, 0.717) is 34.9 Å². The molecule has 0 spiro atoms. The number of carbonyl (C=O) groups excluding carboxylic acids is 1. The molecule has 0 aromatic heterocycles. The highest BCUT2D eigenvalue weighted by Gasteiger charge is 2.33. The largest absolute Gasteiger partial charge is 0.493 e. The first-order chi connectivity index (χ1) is 11.2. The van der Waals surface area contributed by atoms with Gasteiger partial charge in [0, 0.05) is 25.2 Å². The van der Waals surface area contributed by atoms with Crippen LogP contribution in [0.1, 0.15) is 29.6 Å². The molecule has 2 aliphatic rings. The quantitative estimate of drug-likeness (QED) is 0.895. The van der Waals surface area contributed by atoms with Crippen molar-refractivity contribution in [3.05, 3.63) is 17.7 Å². The van der Waals surface area contributed by atoms with Crippen LogP contribution < -0.4 is 19.5 Å². The van der Waals surface area contributed by atoms with Crippen molar-refractivity contribution in [1.29, 1.82) is 0 Å². The van der Waals surface area contributed by atoms with Gasteiger partial charge in [-0.2, -0.15) is 0 Å². The molecule has 2 bridgehead atoms. The molecular formula is C17H25ClN2O4. The lowest BCUT2D eigenvalue weighted by Gasteiger charge is -2.25. The van der Waals surface area contributed by atoms with Gasteiger partial charge in [0.1, 0.15) is 0 Å². The van der Waals surface area contributed by atoms with E-state index >= 15 is 0 Å². The number of nitrogens with zero attached hydrogens (tertiary/aromatic N) is 1. The third-order valence-electron chi connectivity index (χ3n) is 4.75. The maximum Gasteiger partial charge on any atom is 0.257 e. The standard InChI is InChI=1S/C17H24N2O4.ClH/c1-21-14-7-6-13(15(22-2)16(14)23-3)17(20)19-9-8-11-4-5-12(10-19)18-11;/h6-7,11-12,18H,4-5,8-10H2,1-3H3;1H. The summed E-state index contributed by atoms with van der Waals surface area (Å²) in [5.74, 6) is 1.42. The number of amides is 1. The second-order valence-corrected chi connectivity index (χ2v) is 6.06. The highest BCUT2D eigenvalue weighted by molar-refractivity contribution is 5.98. The van der Waals surface area contributed by atoms with Crippen molar-refractivity contribution in [2.24, 2.45) is 0 Å². The van der Waals surface area contributed by atoms with E-state index in [1.807, 2.05) is 4.90 Å². The molecule has 2 fully saturated rings. The predicted molar refractivity (Wildman–Crippen MR) is 93.8 cm³/mol. The van der Waals surface area contributed by atoms with Gasteiger partial charge in [-0.15, -0.1) is 12.4 Å². The lowest BCUT2D eigenvalue weighted by atomic mass is 10.1. The number of carbonyl (C=O) groups is 1. The normalized spacial score (nSPS) is 22.4. The van der Waals surface area contributed by atoms with Gasteiger partial charge < -0.3 is 24.4 Å². The molecule has 24 heavy (non-hydrogen) atoms. The number of rotatable bonds is 4. The summed E-state index contributed by atoms with van der Waals surface area (Å²) < 4.78 is 16.1. The summed E-state index contributed by atoms with van der Waals surface area (Å²) in [5.41, 5.74) is 0.517. The maximum absolute atomic E-state index is 13.0. The third kappa shape index (κ3) is 3.39. The Hall–Kier alpha value is -1.66. The van der Waals surface area contributed by atoms with Gasteiger partial charge in [-0.05, 0) is 31.4 Å². The van der Waals surface area contributed by atoms with Gasteiger partial charge in [-0.1, -0.05) is 0 Å². The molecule has 0 aliphatic carbocycles. The summed E-state index contributed by atoms with van der Waals surface area (Å²) in [7, 11) is 4.65. The first-order valence-corrected chi connectivity index (χ1v) is 8.02. The molecule has 2 aliphatic heterocycles. The molecule has 6 nitrogen and oxygen atoms in total. The van der Waals surface area contributed by atoms with Crippen LogP contribution in [0.5, 0.6) is 17.2 Å². The number of fused-ring (bicyclic) bond motifs is 2. The van der Waals surface area contributed by atoms with Gasteiger partial charge in [0.2, 0.25) is 5.75 Å². The van der Waals surface area contributed by atoms with Crippen LogP contribution in [0.4, 0.5) is 0 Å². The van der Waals surface area contributed by atoms with Crippen LogP contribution in [0.2, 0.25) is 0 Å². The van der Waals surface area contributed by atoms with Gasteiger partial charge in [-0.25, -0.2) is 0 Å². The van der Waals surface area contributed by atoms with E-state index in [-0.39, 0.29) is 18.3 Å². The Morgan fingerprint density at radius 3 is 2.42 bits per heavy atom. The minimum Gasteiger partial charge on any atom is -0.493 e. The molecule has 0 radical (unpaired) electrons. The molecular weight excluding hydrogens is 332 g/mol. The lowest BCUT2D eigenvalue weighted by molar-refractivity contribution is 0.0744. The summed E-state index contributed by atoms with van der Waals surface area (Å²) in [4.78, 5) is 14.9. The Kier molecular flexibility index (Phi) is 6.18. The molecule has 7 heteroatoms. The van der Waals surface area contributed by atoms with Crippen LogP contribution in [-0.2, 0) is 0 Å². The molecule has 2 atom stereocenters. The average Bonchev–Trinajstić information content (AvgIpc) is 2.91. The van der Waals surface area contributed by atoms with Crippen molar-refractivity contribution in [2.75, 3.05) is 34.4 Å². The van der Waals surface area contributed by atoms with Crippen LogP contribution >= 0.6 is 12.4 Å². The van der Waals surface area contributed by atoms with E-state index < -0.39 is 0 Å². The smallest absolute Gasteiger partial charge is 0.257 e. The summed E-state index contributed by atoms with van der Waals surface area (Å²) in [6, 6.07) is 4.44. The van der Waals surface area contributed by atoms with E-state index in [1.165, 1.54) is 6.42 Å². The zero-order chi connectivity index (χ0) is 16.4. The van der Waals surface area contributed by atoms with Crippen molar-refractivity contribution < 1.29 is 19.0 Å². The highest BCUT2D eigenvalue weighted by Crippen LogP contribution is 2.40. The van der Waals surface area contributed by atoms with Crippen LogP contribution in [0.25, 0.3) is 0 Å². The van der Waals surface area contributed by atoms with Crippen molar-refractivity contribution in [2.45, 2.75) is 31.3 Å². The first-order valence-electron chi connectivity index (χ1n) is 8.02. The van der Waals surface area contributed by atoms with Crippen LogP contribution in [0, 0.1) is 0 Å². The molecule has 1 amide bonds. The molecule has 3 rings (SSSR count). The molecule has 2 unspecified atom stereocenters. The topological polar surface area (TPSA) is 60.0 Å². The number of likely N-dealkylation sites (tertiary alicyclic amines) is 1. The minimum absolute atomic E-state index is 0. The maximum atomic E-state index is 13.0. The minimum atomic E-state index is -0.0165. The first kappa shape index (κ1) is 18.7. The summed E-state index contributed by atoms with van der Waals surface area (Å²) in [5, 5.41) is 3.59. The van der Waals surface area contributed by atoms with Gasteiger partial charge in [-0.3, -0.25) is 4.79 Å². The van der Waals surface area contributed by atoms with Crippen molar-refractivity contribution in [3.8, 4) is 17.2 Å². The molecule has 2 heterocycles. The van der Waals surface area contributed by atoms with E-state index in [9.17, 15) is 4.79 Å². The Morgan fingerprint density at radius 1 is 1.04 bits per heavy atom. The summed E-state index contributed by atoms with van der Waals surface area (Å²) in [6.45, 7) is 1.51. The van der Waals surface area contributed by atoms with Gasteiger partial charge in [0.05, 0.1) is 26.9 Å². The fraction of sp³-hybridized carbons (Fsp3) is 0.588.